The second-order valence-electron chi connectivity index (χ2n) is 2.71. The second kappa shape index (κ2) is 4.45. The lowest BCUT2D eigenvalue weighted by Crippen LogP contribution is -2.20. The van der Waals surface area contributed by atoms with Crippen molar-refractivity contribution in [2.45, 2.75) is 12.2 Å². The zero-order chi connectivity index (χ0) is 9.84. The van der Waals surface area contributed by atoms with Crippen LogP contribution in [0.3, 0.4) is 0 Å². The molecule has 4 nitrogen and oxygen atoms in total. The first-order chi connectivity index (χ1) is 6.15. The summed E-state index contributed by atoms with van der Waals surface area (Å²) in [7, 11) is 0. The fourth-order valence-electron chi connectivity index (χ4n) is 0.889. The van der Waals surface area contributed by atoms with Crippen LogP contribution in [0.4, 0.5) is 5.69 Å². The Hall–Kier alpha value is -0.780. The Morgan fingerprint density at radius 1 is 1.46 bits per heavy atom. The van der Waals surface area contributed by atoms with Crippen LogP contribution in [-0.4, -0.2) is 27.1 Å². The molecule has 0 aliphatic carbocycles. The van der Waals surface area contributed by atoms with E-state index < -0.39 is 12.2 Å². The van der Waals surface area contributed by atoms with E-state index in [4.69, 9.17) is 5.73 Å². The molecule has 1 rings (SSSR count). The van der Waals surface area contributed by atoms with Crippen molar-refractivity contribution in [1.29, 1.82) is 0 Å². The standard InChI is InChI=1S/C8H12N2O2S/c9-5-1-2-6(10-3-5)8(12)7(11)4-13/h1-3,7-8,11-13H,4,9H2. The van der Waals surface area contributed by atoms with Gasteiger partial charge in [-0.25, -0.2) is 0 Å². The molecule has 13 heavy (non-hydrogen) atoms. The summed E-state index contributed by atoms with van der Waals surface area (Å²) in [6.45, 7) is 0. The number of anilines is 1. The van der Waals surface area contributed by atoms with Gasteiger partial charge >= 0.3 is 0 Å². The summed E-state index contributed by atoms with van der Waals surface area (Å²) >= 11 is 3.86. The predicted octanol–water partition coefficient (Wildman–Crippen LogP) is -0.0121. The van der Waals surface area contributed by atoms with Crippen molar-refractivity contribution >= 4 is 18.3 Å². The third-order valence-corrected chi connectivity index (χ3v) is 2.04. The van der Waals surface area contributed by atoms with E-state index in [2.05, 4.69) is 17.6 Å². The number of nitrogens with zero attached hydrogens (tertiary/aromatic N) is 1. The molecule has 1 heterocycles. The third kappa shape index (κ3) is 2.58. The lowest BCUT2D eigenvalue weighted by Gasteiger charge is -2.14. The number of aromatic nitrogens is 1. The Bertz CT molecular complexity index is 265. The monoisotopic (exact) mass is 200 g/mol. The number of nitrogens with two attached hydrogens (primary N) is 1. The van der Waals surface area contributed by atoms with Crippen LogP contribution in [0.2, 0.25) is 0 Å². The number of hydrogen-bond acceptors (Lipinski definition) is 5. The van der Waals surface area contributed by atoms with Crippen LogP contribution >= 0.6 is 12.6 Å². The van der Waals surface area contributed by atoms with Gasteiger partial charge in [-0.3, -0.25) is 4.98 Å². The number of pyridine rings is 1. The molecule has 0 spiro atoms. The van der Waals surface area contributed by atoms with Gasteiger partial charge in [-0.2, -0.15) is 12.6 Å². The summed E-state index contributed by atoms with van der Waals surface area (Å²) in [6, 6.07) is 3.20. The minimum absolute atomic E-state index is 0.188. The molecule has 0 aliphatic rings. The van der Waals surface area contributed by atoms with Gasteiger partial charge in [0.1, 0.15) is 6.10 Å². The molecule has 0 fully saturated rings. The molecule has 4 N–H and O–H groups in total. The maximum absolute atomic E-state index is 9.48. The molecular weight excluding hydrogens is 188 g/mol. The molecular formula is C8H12N2O2S. The quantitative estimate of drug-likeness (QED) is 0.517. The van der Waals surface area contributed by atoms with Crippen LogP contribution in [0.1, 0.15) is 11.8 Å². The van der Waals surface area contributed by atoms with Gasteiger partial charge in [0.15, 0.2) is 0 Å². The Balaban J connectivity index is 2.77. The minimum atomic E-state index is -1.00. The van der Waals surface area contributed by atoms with Gasteiger partial charge in [0.05, 0.1) is 23.7 Å². The second-order valence-corrected chi connectivity index (χ2v) is 3.08. The van der Waals surface area contributed by atoms with Crippen molar-refractivity contribution < 1.29 is 10.2 Å². The fourth-order valence-corrected chi connectivity index (χ4v) is 1.09. The van der Waals surface area contributed by atoms with Crippen LogP contribution in [0.25, 0.3) is 0 Å². The van der Waals surface area contributed by atoms with Crippen molar-refractivity contribution in [3.63, 3.8) is 0 Å². The number of aliphatic hydroxyl groups is 2. The zero-order valence-electron chi connectivity index (χ0n) is 6.96. The van der Waals surface area contributed by atoms with Gasteiger partial charge in [0.25, 0.3) is 0 Å². The van der Waals surface area contributed by atoms with Crippen LogP contribution in [-0.2, 0) is 0 Å². The first-order valence-electron chi connectivity index (χ1n) is 3.83. The molecule has 1 aromatic rings. The Morgan fingerprint density at radius 3 is 2.62 bits per heavy atom. The number of aliphatic hydroxyl groups excluding tert-OH is 2. The molecule has 2 atom stereocenters. The molecule has 5 heteroatoms. The summed E-state index contributed by atoms with van der Waals surface area (Å²) in [4.78, 5) is 3.88. The molecule has 0 saturated carbocycles. The van der Waals surface area contributed by atoms with Gasteiger partial charge in [0.2, 0.25) is 0 Å². The highest BCUT2D eigenvalue weighted by molar-refractivity contribution is 7.80. The predicted molar refractivity (Wildman–Crippen MR) is 53.5 cm³/mol. The summed E-state index contributed by atoms with van der Waals surface area (Å²) < 4.78 is 0. The van der Waals surface area contributed by atoms with E-state index in [1.807, 2.05) is 0 Å². The Morgan fingerprint density at radius 2 is 2.15 bits per heavy atom. The van der Waals surface area contributed by atoms with E-state index in [1.54, 1.807) is 12.1 Å². The number of nitrogen functional groups attached to an aromatic ring is 1. The van der Waals surface area contributed by atoms with Crippen molar-refractivity contribution in [2.75, 3.05) is 11.5 Å². The van der Waals surface area contributed by atoms with Crippen molar-refractivity contribution in [3.8, 4) is 0 Å². The molecule has 0 saturated heterocycles. The van der Waals surface area contributed by atoms with Crippen LogP contribution in [0.15, 0.2) is 18.3 Å². The smallest absolute Gasteiger partial charge is 0.122 e. The van der Waals surface area contributed by atoms with Crippen molar-refractivity contribution in [2.24, 2.45) is 0 Å². The first kappa shape index (κ1) is 10.3. The summed E-state index contributed by atoms with van der Waals surface area (Å²) in [5.74, 6) is 0.188. The molecule has 0 amide bonds. The highest BCUT2D eigenvalue weighted by atomic mass is 32.1. The van der Waals surface area contributed by atoms with Crippen molar-refractivity contribution in [1.82, 2.24) is 4.98 Å². The van der Waals surface area contributed by atoms with E-state index in [1.165, 1.54) is 6.20 Å². The zero-order valence-corrected chi connectivity index (χ0v) is 7.85. The number of thiol groups is 1. The van der Waals surface area contributed by atoms with Gasteiger partial charge < -0.3 is 15.9 Å². The largest absolute Gasteiger partial charge is 0.397 e. The highest BCUT2D eigenvalue weighted by Crippen LogP contribution is 2.15. The van der Waals surface area contributed by atoms with Crippen LogP contribution < -0.4 is 5.73 Å². The fraction of sp³-hybridized carbons (Fsp3) is 0.375. The Kier molecular flexibility index (Phi) is 3.53. The molecule has 0 radical (unpaired) electrons. The van der Waals surface area contributed by atoms with E-state index in [0.717, 1.165) is 0 Å². The maximum atomic E-state index is 9.48. The third-order valence-electron chi connectivity index (χ3n) is 1.66. The number of rotatable bonds is 3. The molecule has 0 bridgehead atoms. The molecule has 0 aliphatic heterocycles. The lowest BCUT2D eigenvalue weighted by atomic mass is 10.1. The van der Waals surface area contributed by atoms with E-state index in [-0.39, 0.29) is 5.75 Å². The highest BCUT2D eigenvalue weighted by Gasteiger charge is 2.17. The minimum Gasteiger partial charge on any atom is -0.397 e. The van der Waals surface area contributed by atoms with E-state index in [9.17, 15) is 10.2 Å². The van der Waals surface area contributed by atoms with E-state index >= 15 is 0 Å². The summed E-state index contributed by atoms with van der Waals surface area (Å²) in [6.07, 6.45) is -0.471. The van der Waals surface area contributed by atoms with Crippen molar-refractivity contribution in [3.05, 3.63) is 24.0 Å². The molecule has 2 unspecified atom stereocenters. The van der Waals surface area contributed by atoms with Gasteiger partial charge in [-0.1, -0.05) is 0 Å². The normalized spacial score (nSPS) is 15.3. The van der Waals surface area contributed by atoms with Gasteiger partial charge in [0, 0.05) is 5.75 Å². The van der Waals surface area contributed by atoms with Gasteiger partial charge in [-0.05, 0) is 12.1 Å². The summed E-state index contributed by atoms with van der Waals surface area (Å²) in [5.41, 5.74) is 6.34. The Labute approximate surface area is 81.8 Å². The number of hydrogen-bond donors (Lipinski definition) is 4. The summed E-state index contributed by atoms with van der Waals surface area (Å²) in [5, 5.41) is 18.7. The SMILES string of the molecule is Nc1ccc(C(O)C(O)CS)nc1. The van der Waals surface area contributed by atoms with E-state index in [0.29, 0.717) is 11.4 Å². The molecule has 72 valence electrons. The molecule has 1 aromatic heterocycles. The average molecular weight is 200 g/mol. The van der Waals surface area contributed by atoms with Crippen LogP contribution in [0, 0.1) is 0 Å². The lowest BCUT2D eigenvalue weighted by molar-refractivity contribution is 0.0310. The topological polar surface area (TPSA) is 79.4 Å². The average Bonchev–Trinajstić information content (AvgIpc) is 2.17. The molecule has 0 aromatic carbocycles. The first-order valence-corrected chi connectivity index (χ1v) is 4.47. The van der Waals surface area contributed by atoms with Crippen LogP contribution in [0.5, 0.6) is 0 Å². The maximum Gasteiger partial charge on any atom is 0.122 e. The van der Waals surface area contributed by atoms with Gasteiger partial charge in [-0.15, -0.1) is 0 Å².